The fraction of sp³-hybridized carbons (Fsp3) is 0.526. The van der Waals surface area contributed by atoms with Crippen molar-refractivity contribution in [2.75, 3.05) is 39.9 Å². The molecule has 1 aliphatic heterocycles. The Morgan fingerprint density at radius 1 is 1.37 bits per heavy atom. The van der Waals surface area contributed by atoms with Gasteiger partial charge in [-0.3, -0.25) is 9.69 Å². The summed E-state index contributed by atoms with van der Waals surface area (Å²) in [7, 11) is 1.63. The first-order chi connectivity index (χ1) is 13.2. The Labute approximate surface area is 163 Å². The van der Waals surface area contributed by atoms with E-state index in [4.69, 9.17) is 4.74 Å². The van der Waals surface area contributed by atoms with Crippen LogP contribution >= 0.6 is 11.5 Å². The molecular formula is C19H25FN4O2S. The van der Waals surface area contributed by atoms with Crippen LogP contribution in [0.5, 0.6) is 0 Å². The molecule has 2 heterocycles. The Balaban J connectivity index is 1.52. The molecule has 1 saturated heterocycles. The zero-order chi connectivity index (χ0) is 19.1. The van der Waals surface area contributed by atoms with Gasteiger partial charge in [0.15, 0.2) is 5.69 Å². The molecule has 0 saturated carbocycles. The molecular weight excluding hydrogens is 367 g/mol. The van der Waals surface area contributed by atoms with Crippen LogP contribution in [0.25, 0.3) is 0 Å². The van der Waals surface area contributed by atoms with E-state index in [1.165, 1.54) is 17.6 Å². The average molecular weight is 393 g/mol. The molecule has 27 heavy (non-hydrogen) atoms. The molecule has 1 amide bonds. The van der Waals surface area contributed by atoms with Crippen molar-refractivity contribution in [3.63, 3.8) is 0 Å². The van der Waals surface area contributed by atoms with E-state index in [1.807, 2.05) is 17.0 Å². The van der Waals surface area contributed by atoms with Crippen molar-refractivity contribution >= 4 is 17.4 Å². The average Bonchev–Trinajstić information content (AvgIpc) is 3.22. The molecule has 0 atom stereocenters. The first-order valence-corrected chi connectivity index (χ1v) is 10.0. The lowest BCUT2D eigenvalue weighted by Gasteiger charge is -2.34. The van der Waals surface area contributed by atoms with Gasteiger partial charge in [-0.15, -0.1) is 5.10 Å². The van der Waals surface area contributed by atoms with Gasteiger partial charge in [0.25, 0.3) is 5.91 Å². The highest BCUT2D eigenvalue weighted by Gasteiger charge is 2.25. The third-order valence-corrected chi connectivity index (χ3v) is 5.47. The third kappa shape index (κ3) is 5.54. The lowest BCUT2D eigenvalue weighted by atomic mass is 9.95. The molecule has 0 radical (unpaired) electrons. The summed E-state index contributed by atoms with van der Waals surface area (Å²) in [6.07, 6.45) is 1.97. The standard InChI is InChI=1S/C19H25FN4O2S/c1-26-11-10-24(19(25)18-14-27-22-21-18)12-15-6-8-23(9-7-15)13-16-4-2-3-5-17(16)20/h2-5,14-15H,6-13H2,1H3. The number of rotatable bonds is 8. The number of methoxy groups -OCH3 is 1. The molecule has 1 aromatic heterocycles. The van der Waals surface area contributed by atoms with Crippen molar-refractivity contribution in [3.05, 3.63) is 46.7 Å². The molecule has 2 aromatic rings. The number of piperidine rings is 1. The number of carbonyl (C=O) groups excluding carboxylic acids is 1. The number of ether oxygens (including phenoxy) is 1. The largest absolute Gasteiger partial charge is 0.383 e. The molecule has 0 aliphatic carbocycles. The Kier molecular flexibility index (Phi) is 7.25. The second-order valence-corrected chi connectivity index (χ2v) is 7.45. The maximum atomic E-state index is 13.8. The highest BCUT2D eigenvalue weighted by Crippen LogP contribution is 2.21. The summed E-state index contributed by atoms with van der Waals surface area (Å²) in [6, 6.07) is 6.94. The van der Waals surface area contributed by atoms with Crippen molar-refractivity contribution in [1.82, 2.24) is 19.4 Å². The molecule has 0 bridgehead atoms. The van der Waals surface area contributed by atoms with Crippen LogP contribution in [0.1, 0.15) is 28.9 Å². The normalized spacial score (nSPS) is 15.8. The van der Waals surface area contributed by atoms with Gasteiger partial charge in [-0.2, -0.15) is 0 Å². The van der Waals surface area contributed by atoms with Crippen LogP contribution in [0.4, 0.5) is 4.39 Å². The van der Waals surface area contributed by atoms with Gasteiger partial charge in [0.1, 0.15) is 5.82 Å². The van der Waals surface area contributed by atoms with Gasteiger partial charge < -0.3 is 9.64 Å². The quantitative estimate of drug-likeness (QED) is 0.691. The first-order valence-electron chi connectivity index (χ1n) is 9.18. The van der Waals surface area contributed by atoms with Crippen molar-refractivity contribution in [2.45, 2.75) is 19.4 Å². The lowest BCUT2D eigenvalue weighted by molar-refractivity contribution is 0.0611. The van der Waals surface area contributed by atoms with E-state index in [2.05, 4.69) is 14.5 Å². The molecule has 8 heteroatoms. The number of halogens is 1. The minimum Gasteiger partial charge on any atom is -0.383 e. The topological polar surface area (TPSA) is 58.6 Å². The minimum absolute atomic E-state index is 0.0883. The van der Waals surface area contributed by atoms with Crippen LogP contribution < -0.4 is 0 Å². The van der Waals surface area contributed by atoms with E-state index in [0.29, 0.717) is 37.9 Å². The zero-order valence-corrected chi connectivity index (χ0v) is 16.3. The lowest BCUT2D eigenvalue weighted by Crippen LogP contribution is -2.42. The Morgan fingerprint density at radius 2 is 2.15 bits per heavy atom. The fourth-order valence-electron chi connectivity index (χ4n) is 3.40. The van der Waals surface area contributed by atoms with E-state index in [9.17, 15) is 9.18 Å². The maximum absolute atomic E-state index is 13.8. The highest BCUT2D eigenvalue weighted by atomic mass is 32.1. The number of hydrogen-bond donors (Lipinski definition) is 0. The number of carbonyl (C=O) groups is 1. The minimum atomic E-state index is -0.146. The van der Waals surface area contributed by atoms with Crippen LogP contribution in [0, 0.1) is 11.7 Å². The number of benzene rings is 1. The summed E-state index contributed by atoms with van der Waals surface area (Å²) in [5.41, 5.74) is 1.14. The van der Waals surface area contributed by atoms with Crippen LogP contribution in [-0.4, -0.2) is 65.2 Å². The van der Waals surface area contributed by atoms with Gasteiger partial charge in [0.05, 0.1) is 6.61 Å². The smallest absolute Gasteiger partial charge is 0.275 e. The van der Waals surface area contributed by atoms with E-state index >= 15 is 0 Å². The predicted molar refractivity (Wildman–Crippen MR) is 102 cm³/mol. The van der Waals surface area contributed by atoms with Gasteiger partial charge in [0, 0.05) is 37.7 Å². The van der Waals surface area contributed by atoms with Crippen molar-refractivity contribution in [1.29, 1.82) is 0 Å². The monoisotopic (exact) mass is 392 g/mol. The fourth-order valence-corrected chi connectivity index (χ4v) is 3.83. The van der Waals surface area contributed by atoms with Gasteiger partial charge in [-0.25, -0.2) is 4.39 Å². The van der Waals surface area contributed by atoms with E-state index in [1.54, 1.807) is 18.6 Å². The highest BCUT2D eigenvalue weighted by molar-refractivity contribution is 7.03. The first kappa shape index (κ1) is 19.9. The van der Waals surface area contributed by atoms with E-state index < -0.39 is 0 Å². The SMILES string of the molecule is COCCN(CC1CCN(Cc2ccccc2F)CC1)C(=O)c1csnn1. The maximum Gasteiger partial charge on any atom is 0.275 e. The van der Waals surface area contributed by atoms with Gasteiger partial charge in [0.2, 0.25) is 0 Å². The molecule has 1 aromatic carbocycles. The molecule has 1 fully saturated rings. The van der Waals surface area contributed by atoms with Gasteiger partial charge >= 0.3 is 0 Å². The molecule has 6 nitrogen and oxygen atoms in total. The van der Waals surface area contributed by atoms with Gasteiger partial charge in [-0.05, 0) is 49.4 Å². The number of aromatic nitrogens is 2. The van der Waals surface area contributed by atoms with Crippen LogP contribution in [-0.2, 0) is 11.3 Å². The van der Waals surface area contributed by atoms with Crippen LogP contribution in [0.15, 0.2) is 29.6 Å². The third-order valence-electron chi connectivity index (χ3n) is 4.97. The summed E-state index contributed by atoms with van der Waals surface area (Å²) >= 11 is 1.18. The number of hydrogen-bond acceptors (Lipinski definition) is 6. The molecule has 0 N–H and O–H groups in total. The number of likely N-dealkylation sites (tertiary alicyclic amines) is 1. The Morgan fingerprint density at radius 3 is 2.81 bits per heavy atom. The second kappa shape index (κ2) is 9.87. The molecule has 0 spiro atoms. The molecule has 3 rings (SSSR count). The van der Waals surface area contributed by atoms with Gasteiger partial charge in [-0.1, -0.05) is 22.7 Å². The second-order valence-electron chi connectivity index (χ2n) is 6.85. The summed E-state index contributed by atoms with van der Waals surface area (Å²) in [4.78, 5) is 16.7. The Bertz CT molecular complexity index is 720. The molecule has 0 unspecified atom stereocenters. The molecule has 1 aliphatic rings. The number of nitrogens with zero attached hydrogens (tertiary/aromatic N) is 4. The predicted octanol–water partition coefficient (Wildman–Crippen LogP) is 2.68. The summed E-state index contributed by atoms with van der Waals surface area (Å²) in [5, 5.41) is 5.58. The van der Waals surface area contributed by atoms with E-state index in [0.717, 1.165) is 31.5 Å². The van der Waals surface area contributed by atoms with Crippen molar-refractivity contribution in [2.24, 2.45) is 5.92 Å². The summed E-state index contributed by atoms with van der Waals surface area (Å²) in [6.45, 7) is 4.17. The van der Waals surface area contributed by atoms with Crippen molar-refractivity contribution < 1.29 is 13.9 Å². The van der Waals surface area contributed by atoms with Crippen LogP contribution in [0.2, 0.25) is 0 Å². The molecule has 146 valence electrons. The van der Waals surface area contributed by atoms with Crippen molar-refractivity contribution in [3.8, 4) is 0 Å². The Hall–Kier alpha value is -1.90. The number of amides is 1. The summed E-state index contributed by atoms with van der Waals surface area (Å²) in [5.74, 6) is 0.191. The van der Waals surface area contributed by atoms with E-state index in [-0.39, 0.29) is 11.7 Å². The zero-order valence-electron chi connectivity index (χ0n) is 15.5. The summed E-state index contributed by atoms with van der Waals surface area (Å²) < 4.78 is 22.8. The van der Waals surface area contributed by atoms with Crippen LogP contribution in [0.3, 0.4) is 0 Å².